The van der Waals surface area contributed by atoms with E-state index in [2.05, 4.69) is 15.6 Å². The quantitative estimate of drug-likeness (QED) is 0.665. The van der Waals surface area contributed by atoms with Gasteiger partial charge in [-0.25, -0.2) is 4.68 Å². The fourth-order valence-electron chi connectivity index (χ4n) is 1.23. The molecule has 0 aliphatic carbocycles. The normalized spacial score (nSPS) is 13.1. The Balaban J connectivity index is 2.53. The molecule has 0 saturated carbocycles. The lowest BCUT2D eigenvalue weighted by Gasteiger charge is -2.25. The number of hydrogen-bond donors (Lipinski definition) is 1. The Hall–Kier alpha value is -1.14. The summed E-state index contributed by atoms with van der Waals surface area (Å²) in [5.74, 6) is 0. The van der Waals surface area contributed by atoms with Crippen molar-refractivity contribution in [3.63, 3.8) is 0 Å². The number of nitrogens with one attached hydrogen (secondary N) is 1. The second-order valence-corrected chi connectivity index (χ2v) is 2.85. The van der Waals surface area contributed by atoms with E-state index in [1.165, 1.54) is 0 Å². The maximum Gasteiger partial charge on any atom is 0.178 e. The monoisotopic (exact) mass is 200 g/mol. The van der Waals surface area contributed by atoms with Crippen molar-refractivity contribution in [3.8, 4) is 0 Å². The molecular formula is C8H16N4O2. The number of hydrogen-bond acceptors (Lipinski definition) is 5. The second-order valence-electron chi connectivity index (χ2n) is 2.85. The number of aromatic nitrogens is 3. The van der Waals surface area contributed by atoms with Crippen LogP contribution in [0.1, 0.15) is 13.3 Å². The minimum absolute atomic E-state index is 0.0704. The van der Waals surface area contributed by atoms with Gasteiger partial charge < -0.3 is 14.9 Å². The number of ether oxygens (including phenoxy) is 2. The van der Waals surface area contributed by atoms with Crippen molar-refractivity contribution in [1.82, 2.24) is 14.9 Å². The van der Waals surface area contributed by atoms with Crippen LogP contribution in [0.4, 0.5) is 0 Å². The van der Waals surface area contributed by atoms with Crippen molar-refractivity contribution >= 4 is 0 Å². The Kier molecular flexibility index (Phi) is 4.34. The summed E-state index contributed by atoms with van der Waals surface area (Å²) < 4.78 is 12.0. The molecule has 80 valence electrons. The van der Waals surface area contributed by atoms with E-state index in [1.807, 2.05) is 6.92 Å². The largest absolute Gasteiger partial charge is 0.354 e. The number of nitrogens with zero attached hydrogens (tertiary/aromatic N) is 3. The summed E-state index contributed by atoms with van der Waals surface area (Å²) in [6, 6.07) is 0.0704. The maximum atomic E-state index is 5.16. The van der Waals surface area contributed by atoms with Crippen molar-refractivity contribution in [2.45, 2.75) is 25.7 Å². The van der Waals surface area contributed by atoms with Gasteiger partial charge in [0.2, 0.25) is 0 Å². The van der Waals surface area contributed by atoms with E-state index >= 15 is 0 Å². The van der Waals surface area contributed by atoms with Crippen LogP contribution in [0.2, 0.25) is 0 Å². The first-order valence-electron chi connectivity index (χ1n) is 4.48. The van der Waals surface area contributed by atoms with Crippen molar-refractivity contribution in [2.24, 2.45) is 0 Å². The zero-order chi connectivity index (χ0) is 10.4. The molecule has 1 N–H and O–H groups in total. The maximum absolute atomic E-state index is 5.16. The molecule has 1 atom stereocenters. The number of methoxy groups -OCH3 is 2. The van der Waals surface area contributed by atoms with Crippen molar-refractivity contribution in [1.29, 1.82) is 0 Å². The van der Waals surface area contributed by atoms with Crippen LogP contribution in [0.15, 0.2) is 12.7 Å². The summed E-state index contributed by atoms with van der Waals surface area (Å²) in [6.45, 7) is 2.05. The molecule has 0 aliphatic heterocycles. The van der Waals surface area contributed by atoms with Crippen LogP contribution in [-0.4, -0.2) is 41.4 Å². The van der Waals surface area contributed by atoms with Gasteiger partial charge in [-0.15, -0.1) is 10.2 Å². The van der Waals surface area contributed by atoms with Crippen LogP contribution < -0.4 is 5.43 Å². The Morgan fingerprint density at radius 3 is 2.29 bits per heavy atom. The van der Waals surface area contributed by atoms with Crippen molar-refractivity contribution in [2.75, 3.05) is 19.6 Å². The van der Waals surface area contributed by atoms with Crippen molar-refractivity contribution in [3.05, 3.63) is 12.7 Å². The summed E-state index contributed by atoms with van der Waals surface area (Å²) in [7, 11) is 3.23. The Morgan fingerprint density at radius 2 is 1.86 bits per heavy atom. The molecule has 0 amide bonds. The predicted octanol–water partition coefficient (Wildman–Crippen LogP) is 0.219. The SMILES string of the molecule is CC[C@H](Nn1cnnc1)C(OC)OC. The second kappa shape index (κ2) is 5.56. The molecule has 0 bridgehead atoms. The molecule has 6 heteroatoms. The van der Waals surface area contributed by atoms with Crippen LogP contribution >= 0.6 is 0 Å². The van der Waals surface area contributed by atoms with E-state index in [4.69, 9.17) is 9.47 Å². The molecule has 6 nitrogen and oxygen atoms in total. The highest BCUT2D eigenvalue weighted by atomic mass is 16.7. The zero-order valence-electron chi connectivity index (χ0n) is 8.67. The molecule has 1 aromatic heterocycles. The molecular weight excluding hydrogens is 184 g/mol. The van der Waals surface area contributed by atoms with Crippen LogP contribution in [0, 0.1) is 0 Å². The Bertz CT molecular complexity index is 235. The highest BCUT2D eigenvalue weighted by Crippen LogP contribution is 2.04. The minimum atomic E-state index is -0.276. The van der Waals surface area contributed by atoms with Gasteiger partial charge in [-0.05, 0) is 6.42 Å². The summed E-state index contributed by atoms with van der Waals surface area (Å²) in [6.07, 6.45) is 3.78. The van der Waals surface area contributed by atoms with Crippen LogP contribution in [0.25, 0.3) is 0 Å². The van der Waals surface area contributed by atoms with E-state index in [0.717, 1.165) is 6.42 Å². The standard InChI is InChI=1S/C8H16N4O2/c1-4-7(8(13-2)14-3)11-12-5-9-10-6-12/h5-8,11H,4H2,1-3H3/t7-/m0/s1. The predicted molar refractivity (Wildman–Crippen MR) is 51.3 cm³/mol. The van der Waals surface area contributed by atoms with Gasteiger partial charge in [0.25, 0.3) is 0 Å². The fourth-order valence-corrected chi connectivity index (χ4v) is 1.23. The minimum Gasteiger partial charge on any atom is -0.354 e. The first kappa shape index (κ1) is 10.9. The van der Waals surface area contributed by atoms with Gasteiger partial charge in [-0.3, -0.25) is 0 Å². The zero-order valence-corrected chi connectivity index (χ0v) is 8.67. The van der Waals surface area contributed by atoms with Crippen molar-refractivity contribution < 1.29 is 9.47 Å². The number of rotatable bonds is 6. The lowest BCUT2D eigenvalue weighted by Crippen LogP contribution is -2.39. The lowest BCUT2D eigenvalue weighted by atomic mass is 10.2. The third kappa shape index (κ3) is 2.68. The molecule has 0 aliphatic rings. The average molecular weight is 200 g/mol. The van der Waals surface area contributed by atoms with E-state index < -0.39 is 0 Å². The van der Waals surface area contributed by atoms with Gasteiger partial charge in [0.05, 0.1) is 6.04 Å². The Labute approximate surface area is 83.2 Å². The van der Waals surface area contributed by atoms with Gasteiger partial charge in [-0.1, -0.05) is 6.92 Å². The topological polar surface area (TPSA) is 61.2 Å². The van der Waals surface area contributed by atoms with Crippen LogP contribution in [-0.2, 0) is 9.47 Å². The van der Waals surface area contributed by atoms with Gasteiger partial charge in [0.15, 0.2) is 6.29 Å². The molecule has 0 unspecified atom stereocenters. The van der Waals surface area contributed by atoms with Gasteiger partial charge in [0.1, 0.15) is 12.7 Å². The van der Waals surface area contributed by atoms with Crippen LogP contribution in [0.3, 0.4) is 0 Å². The molecule has 14 heavy (non-hydrogen) atoms. The summed E-state index contributed by atoms with van der Waals surface area (Å²) in [5.41, 5.74) is 3.15. The fraction of sp³-hybridized carbons (Fsp3) is 0.750. The smallest absolute Gasteiger partial charge is 0.178 e. The van der Waals surface area contributed by atoms with Crippen LogP contribution in [0.5, 0.6) is 0 Å². The molecule has 0 aromatic carbocycles. The summed E-state index contributed by atoms with van der Waals surface area (Å²) in [4.78, 5) is 0. The van der Waals surface area contributed by atoms with E-state index in [1.54, 1.807) is 31.6 Å². The van der Waals surface area contributed by atoms with Gasteiger partial charge in [0, 0.05) is 14.2 Å². The molecule has 1 heterocycles. The van der Waals surface area contributed by atoms with E-state index in [9.17, 15) is 0 Å². The summed E-state index contributed by atoms with van der Waals surface area (Å²) in [5, 5.41) is 7.38. The first-order chi connectivity index (χ1) is 6.81. The third-order valence-electron chi connectivity index (χ3n) is 1.97. The highest BCUT2D eigenvalue weighted by molar-refractivity contribution is 4.83. The van der Waals surface area contributed by atoms with E-state index in [-0.39, 0.29) is 12.3 Å². The first-order valence-corrected chi connectivity index (χ1v) is 4.48. The molecule has 0 fully saturated rings. The highest BCUT2D eigenvalue weighted by Gasteiger charge is 2.18. The lowest BCUT2D eigenvalue weighted by molar-refractivity contribution is -0.114. The molecule has 0 saturated heterocycles. The summed E-state index contributed by atoms with van der Waals surface area (Å²) >= 11 is 0. The molecule has 1 rings (SSSR count). The van der Waals surface area contributed by atoms with E-state index in [0.29, 0.717) is 0 Å². The third-order valence-corrected chi connectivity index (χ3v) is 1.97. The average Bonchev–Trinajstić information content (AvgIpc) is 2.70. The molecule has 0 spiro atoms. The van der Waals surface area contributed by atoms with Gasteiger partial charge >= 0.3 is 0 Å². The molecule has 0 radical (unpaired) electrons. The molecule has 1 aromatic rings. The van der Waals surface area contributed by atoms with Gasteiger partial charge in [-0.2, -0.15) is 0 Å². The Morgan fingerprint density at radius 1 is 1.29 bits per heavy atom.